The molecule has 19 heavy (non-hydrogen) atoms. The van der Waals surface area contributed by atoms with Crippen LogP contribution in [0, 0.1) is 11.8 Å². The van der Waals surface area contributed by atoms with Gasteiger partial charge in [0.05, 0.1) is 5.92 Å². The summed E-state index contributed by atoms with van der Waals surface area (Å²) in [5.74, 6) is -0.579. The Bertz CT molecular complexity index is 572. The molecular formula is C17H20O2. The van der Waals surface area contributed by atoms with Crippen molar-refractivity contribution >= 4 is 16.7 Å². The van der Waals surface area contributed by atoms with Gasteiger partial charge >= 0.3 is 5.97 Å². The van der Waals surface area contributed by atoms with E-state index in [2.05, 4.69) is 38.1 Å². The van der Waals surface area contributed by atoms with E-state index in [1.54, 1.807) is 0 Å². The first-order valence-electron chi connectivity index (χ1n) is 6.76. The van der Waals surface area contributed by atoms with Crippen molar-refractivity contribution in [3.63, 3.8) is 0 Å². The van der Waals surface area contributed by atoms with Gasteiger partial charge in [-0.2, -0.15) is 0 Å². The summed E-state index contributed by atoms with van der Waals surface area (Å²) in [5, 5.41) is 11.7. The molecule has 0 radical (unpaired) electrons. The van der Waals surface area contributed by atoms with Gasteiger partial charge in [-0.05, 0) is 35.1 Å². The van der Waals surface area contributed by atoms with Gasteiger partial charge in [-0.1, -0.05) is 56.3 Å². The Kier molecular flexibility index (Phi) is 4.20. The molecule has 1 N–H and O–H groups in total. The van der Waals surface area contributed by atoms with Crippen LogP contribution in [0.25, 0.3) is 10.8 Å². The van der Waals surface area contributed by atoms with Gasteiger partial charge in [-0.15, -0.1) is 0 Å². The number of hydrogen-bond donors (Lipinski definition) is 1. The number of hydrogen-bond acceptors (Lipinski definition) is 1. The molecule has 0 saturated carbocycles. The lowest BCUT2D eigenvalue weighted by atomic mass is 9.90. The summed E-state index contributed by atoms with van der Waals surface area (Å²) < 4.78 is 0. The number of carbonyl (C=O) groups is 1. The maximum Gasteiger partial charge on any atom is 0.306 e. The van der Waals surface area contributed by atoms with Gasteiger partial charge in [-0.3, -0.25) is 4.79 Å². The minimum atomic E-state index is -0.693. The van der Waals surface area contributed by atoms with E-state index in [1.807, 2.05) is 18.2 Å². The van der Waals surface area contributed by atoms with Crippen molar-refractivity contribution in [3.05, 3.63) is 48.0 Å². The van der Waals surface area contributed by atoms with Crippen LogP contribution in [0.3, 0.4) is 0 Å². The number of rotatable bonds is 5. The molecular weight excluding hydrogens is 236 g/mol. The molecule has 2 aromatic carbocycles. The molecule has 0 heterocycles. The standard InChI is InChI=1S/C17H20O2/c1-12(2)9-16(17(18)19)11-13-7-8-14-5-3-4-6-15(14)10-13/h3-8,10,12,16H,9,11H2,1-2H3,(H,18,19). The summed E-state index contributed by atoms with van der Waals surface area (Å²) in [6.45, 7) is 4.13. The second-order valence-electron chi connectivity index (χ2n) is 5.55. The minimum Gasteiger partial charge on any atom is -0.481 e. The van der Waals surface area contributed by atoms with Crippen LogP contribution >= 0.6 is 0 Å². The average molecular weight is 256 g/mol. The first-order chi connectivity index (χ1) is 9.06. The summed E-state index contributed by atoms with van der Waals surface area (Å²) in [7, 11) is 0. The highest BCUT2D eigenvalue weighted by molar-refractivity contribution is 5.83. The molecule has 2 nitrogen and oxygen atoms in total. The minimum absolute atomic E-state index is 0.291. The van der Waals surface area contributed by atoms with E-state index >= 15 is 0 Å². The molecule has 0 bridgehead atoms. The van der Waals surface area contributed by atoms with Crippen LogP contribution in [0.4, 0.5) is 0 Å². The molecule has 2 heteroatoms. The smallest absolute Gasteiger partial charge is 0.306 e. The van der Waals surface area contributed by atoms with Crippen molar-refractivity contribution in [2.24, 2.45) is 11.8 Å². The van der Waals surface area contributed by atoms with Gasteiger partial charge in [-0.25, -0.2) is 0 Å². The van der Waals surface area contributed by atoms with Gasteiger partial charge in [0, 0.05) is 0 Å². The topological polar surface area (TPSA) is 37.3 Å². The fourth-order valence-electron chi connectivity index (χ4n) is 2.49. The number of aliphatic carboxylic acids is 1. The molecule has 0 saturated heterocycles. The van der Waals surface area contributed by atoms with E-state index in [0.29, 0.717) is 12.3 Å². The zero-order chi connectivity index (χ0) is 13.8. The summed E-state index contributed by atoms with van der Waals surface area (Å²) in [4.78, 5) is 11.3. The maximum absolute atomic E-state index is 11.3. The van der Waals surface area contributed by atoms with Crippen LogP contribution in [-0.2, 0) is 11.2 Å². The van der Waals surface area contributed by atoms with Crippen molar-refractivity contribution in [3.8, 4) is 0 Å². The third kappa shape index (κ3) is 3.57. The summed E-state index contributed by atoms with van der Waals surface area (Å²) in [5.41, 5.74) is 1.10. The quantitative estimate of drug-likeness (QED) is 0.873. The number of benzene rings is 2. The Morgan fingerprint density at radius 3 is 2.42 bits per heavy atom. The number of carboxylic acids is 1. The van der Waals surface area contributed by atoms with Gasteiger partial charge in [0.25, 0.3) is 0 Å². The highest BCUT2D eigenvalue weighted by Crippen LogP contribution is 2.21. The Morgan fingerprint density at radius 1 is 1.11 bits per heavy atom. The second-order valence-corrected chi connectivity index (χ2v) is 5.55. The highest BCUT2D eigenvalue weighted by atomic mass is 16.4. The predicted octanol–water partition coefficient (Wildman–Crippen LogP) is 4.13. The van der Waals surface area contributed by atoms with Gasteiger partial charge in [0.1, 0.15) is 0 Å². The maximum atomic E-state index is 11.3. The number of fused-ring (bicyclic) bond motifs is 1. The first kappa shape index (κ1) is 13.6. The Morgan fingerprint density at radius 2 is 1.79 bits per heavy atom. The van der Waals surface area contributed by atoms with Crippen molar-refractivity contribution in [1.29, 1.82) is 0 Å². The fourth-order valence-corrected chi connectivity index (χ4v) is 2.49. The molecule has 0 aliphatic rings. The molecule has 1 atom stereocenters. The largest absolute Gasteiger partial charge is 0.481 e. The van der Waals surface area contributed by atoms with E-state index in [9.17, 15) is 9.90 Å². The summed E-state index contributed by atoms with van der Waals surface area (Å²) >= 11 is 0. The van der Waals surface area contributed by atoms with E-state index in [1.165, 1.54) is 10.8 Å². The molecule has 1 unspecified atom stereocenters. The fraction of sp³-hybridized carbons (Fsp3) is 0.353. The Hall–Kier alpha value is -1.83. The molecule has 0 spiro atoms. The SMILES string of the molecule is CC(C)CC(Cc1ccc2ccccc2c1)C(=O)O. The van der Waals surface area contributed by atoms with Crippen molar-refractivity contribution < 1.29 is 9.90 Å². The third-order valence-electron chi connectivity index (χ3n) is 3.40. The molecule has 100 valence electrons. The molecule has 0 aliphatic carbocycles. The summed E-state index contributed by atoms with van der Waals surface area (Å²) in [6.07, 6.45) is 1.33. The van der Waals surface area contributed by atoms with Crippen LogP contribution in [0.1, 0.15) is 25.8 Å². The van der Waals surface area contributed by atoms with E-state index in [-0.39, 0.29) is 5.92 Å². The zero-order valence-corrected chi connectivity index (χ0v) is 11.5. The van der Waals surface area contributed by atoms with E-state index in [4.69, 9.17) is 0 Å². The highest BCUT2D eigenvalue weighted by Gasteiger charge is 2.19. The van der Waals surface area contributed by atoms with Gasteiger partial charge in [0.15, 0.2) is 0 Å². The Labute approximate surface area is 114 Å². The first-order valence-corrected chi connectivity index (χ1v) is 6.76. The zero-order valence-electron chi connectivity index (χ0n) is 11.5. The monoisotopic (exact) mass is 256 g/mol. The van der Waals surface area contributed by atoms with Gasteiger partial charge in [0.2, 0.25) is 0 Å². The third-order valence-corrected chi connectivity index (χ3v) is 3.40. The molecule has 0 aromatic heterocycles. The van der Waals surface area contributed by atoms with Crippen molar-refractivity contribution in [2.45, 2.75) is 26.7 Å². The lowest BCUT2D eigenvalue weighted by Gasteiger charge is -2.15. The van der Waals surface area contributed by atoms with Crippen LogP contribution in [0.2, 0.25) is 0 Å². The molecule has 0 aliphatic heterocycles. The Balaban J connectivity index is 2.21. The van der Waals surface area contributed by atoms with Crippen LogP contribution in [-0.4, -0.2) is 11.1 Å². The second kappa shape index (κ2) is 5.87. The lowest BCUT2D eigenvalue weighted by Crippen LogP contribution is -2.18. The number of carboxylic acid groups (broad SMARTS) is 1. The van der Waals surface area contributed by atoms with Crippen molar-refractivity contribution in [2.75, 3.05) is 0 Å². The van der Waals surface area contributed by atoms with E-state index in [0.717, 1.165) is 12.0 Å². The molecule has 2 aromatic rings. The van der Waals surface area contributed by atoms with Crippen LogP contribution in [0.5, 0.6) is 0 Å². The van der Waals surface area contributed by atoms with Gasteiger partial charge < -0.3 is 5.11 Å². The predicted molar refractivity (Wildman–Crippen MR) is 78.2 cm³/mol. The van der Waals surface area contributed by atoms with Crippen molar-refractivity contribution in [1.82, 2.24) is 0 Å². The normalized spacial score (nSPS) is 12.8. The molecule has 0 fully saturated rings. The van der Waals surface area contributed by atoms with E-state index < -0.39 is 5.97 Å². The molecule has 2 rings (SSSR count). The lowest BCUT2D eigenvalue weighted by molar-refractivity contribution is -0.142. The van der Waals surface area contributed by atoms with Crippen LogP contribution in [0.15, 0.2) is 42.5 Å². The summed E-state index contributed by atoms with van der Waals surface area (Å²) in [6, 6.07) is 14.4. The van der Waals surface area contributed by atoms with Crippen LogP contribution < -0.4 is 0 Å². The molecule has 0 amide bonds. The average Bonchev–Trinajstić information content (AvgIpc) is 2.37.